The van der Waals surface area contributed by atoms with E-state index in [2.05, 4.69) is 15.7 Å². The molecule has 2 heterocycles. The lowest BCUT2D eigenvalue weighted by Crippen LogP contribution is -2.33. The molecular weight excluding hydrogens is 346 g/mol. The Morgan fingerprint density at radius 2 is 1.70 bits per heavy atom. The average molecular weight is 365 g/mol. The Morgan fingerprint density at radius 3 is 2.33 bits per heavy atom. The van der Waals surface area contributed by atoms with Crippen LogP contribution in [0.3, 0.4) is 0 Å². The third kappa shape index (κ3) is 4.30. The molecule has 8 heteroatoms. The number of amides is 2. The molecule has 2 amide bonds. The van der Waals surface area contributed by atoms with Crippen LogP contribution in [0.15, 0.2) is 59.7 Å². The lowest BCUT2D eigenvalue weighted by molar-refractivity contribution is -0.115. The Balaban J connectivity index is 1.58. The Kier molecular flexibility index (Phi) is 5.16. The molecule has 0 saturated heterocycles. The smallest absolute Gasteiger partial charge is 0.269 e. The van der Waals surface area contributed by atoms with Gasteiger partial charge in [0.05, 0.1) is 6.54 Å². The number of rotatable bonds is 5. The lowest BCUT2D eigenvalue weighted by Gasteiger charge is -2.09. The third-order valence-corrected chi connectivity index (χ3v) is 4.05. The molecule has 0 atom stereocenters. The zero-order valence-electron chi connectivity index (χ0n) is 15.0. The van der Waals surface area contributed by atoms with E-state index in [0.29, 0.717) is 11.4 Å². The molecule has 3 aromatic rings. The van der Waals surface area contributed by atoms with Crippen LogP contribution in [0.4, 0.5) is 5.69 Å². The van der Waals surface area contributed by atoms with Gasteiger partial charge in [-0.1, -0.05) is 12.1 Å². The quantitative estimate of drug-likeness (QED) is 0.709. The fourth-order valence-corrected chi connectivity index (χ4v) is 2.56. The summed E-state index contributed by atoms with van der Waals surface area (Å²) in [5.74, 6) is -0.699. The van der Waals surface area contributed by atoms with Crippen molar-refractivity contribution in [3.63, 3.8) is 0 Å². The van der Waals surface area contributed by atoms with Gasteiger partial charge in [0.1, 0.15) is 5.69 Å². The zero-order chi connectivity index (χ0) is 19.4. The molecule has 0 aliphatic carbocycles. The van der Waals surface area contributed by atoms with Gasteiger partial charge in [0, 0.05) is 38.2 Å². The van der Waals surface area contributed by atoms with Gasteiger partial charge in [-0.05, 0) is 35.4 Å². The number of pyridine rings is 1. The molecule has 8 nitrogen and oxygen atoms in total. The summed E-state index contributed by atoms with van der Waals surface area (Å²) in [6, 6.07) is 12.1. The van der Waals surface area contributed by atoms with Crippen LogP contribution < -0.4 is 16.2 Å². The number of hydrogen-bond acceptors (Lipinski definition) is 4. The van der Waals surface area contributed by atoms with Crippen molar-refractivity contribution in [1.82, 2.24) is 19.7 Å². The lowest BCUT2D eigenvalue weighted by atomic mass is 10.1. The number of aryl methyl sites for hydroxylation is 2. The largest absolute Gasteiger partial charge is 0.342 e. The van der Waals surface area contributed by atoms with Crippen LogP contribution in [0, 0.1) is 0 Å². The summed E-state index contributed by atoms with van der Waals surface area (Å²) >= 11 is 0. The van der Waals surface area contributed by atoms with Crippen molar-refractivity contribution in [3.8, 4) is 11.1 Å². The van der Waals surface area contributed by atoms with Gasteiger partial charge in [0.2, 0.25) is 11.5 Å². The second-order valence-corrected chi connectivity index (χ2v) is 6.02. The second kappa shape index (κ2) is 7.69. The first kappa shape index (κ1) is 18.1. The second-order valence-electron chi connectivity index (χ2n) is 6.02. The molecule has 0 fully saturated rings. The summed E-state index contributed by atoms with van der Waals surface area (Å²) in [5, 5.41) is 9.19. The number of nitrogens with one attached hydrogen (secondary N) is 2. The van der Waals surface area contributed by atoms with Gasteiger partial charge < -0.3 is 15.2 Å². The summed E-state index contributed by atoms with van der Waals surface area (Å²) in [6.07, 6.45) is 3.27. The highest BCUT2D eigenvalue weighted by molar-refractivity contribution is 5.98. The molecular formula is C19H19N5O3. The van der Waals surface area contributed by atoms with Crippen LogP contribution in [-0.4, -0.2) is 32.7 Å². The number of carbonyl (C=O) groups excluding carboxylic acids is 2. The molecule has 27 heavy (non-hydrogen) atoms. The van der Waals surface area contributed by atoms with Gasteiger partial charge in [-0.2, -0.15) is 5.10 Å². The molecule has 0 aliphatic rings. The van der Waals surface area contributed by atoms with Crippen molar-refractivity contribution in [1.29, 1.82) is 0 Å². The SMILES string of the molecule is Cn1nccc1C(=O)NCC(=O)Nc1ccc(-c2ccc(=O)n(C)c2)cc1. The molecule has 0 radical (unpaired) electrons. The first-order chi connectivity index (χ1) is 12.9. The number of hydrogen-bond donors (Lipinski definition) is 2. The summed E-state index contributed by atoms with van der Waals surface area (Å²) in [5.41, 5.74) is 2.75. The van der Waals surface area contributed by atoms with Crippen LogP contribution in [0.5, 0.6) is 0 Å². The molecule has 0 bridgehead atoms. The van der Waals surface area contributed by atoms with Crippen molar-refractivity contribution in [2.24, 2.45) is 14.1 Å². The molecule has 1 aromatic carbocycles. The van der Waals surface area contributed by atoms with Crippen molar-refractivity contribution >= 4 is 17.5 Å². The van der Waals surface area contributed by atoms with E-state index in [-0.39, 0.29) is 23.9 Å². The summed E-state index contributed by atoms with van der Waals surface area (Å²) < 4.78 is 2.95. The van der Waals surface area contributed by atoms with Crippen LogP contribution in [0.1, 0.15) is 10.5 Å². The third-order valence-electron chi connectivity index (χ3n) is 4.05. The molecule has 0 aliphatic heterocycles. The van der Waals surface area contributed by atoms with E-state index in [0.717, 1.165) is 11.1 Å². The molecule has 0 unspecified atom stereocenters. The highest BCUT2D eigenvalue weighted by atomic mass is 16.2. The Morgan fingerprint density at radius 1 is 1.00 bits per heavy atom. The maximum atomic E-state index is 12.0. The number of anilines is 1. The van der Waals surface area contributed by atoms with Crippen molar-refractivity contribution < 1.29 is 9.59 Å². The molecule has 3 rings (SSSR count). The normalized spacial score (nSPS) is 10.4. The monoisotopic (exact) mass is 365 g/mol. The van der Waals surface area contributed by atoms with E-state index < -0.39 is 0 Å². The van der Waals surface area contributed by atoms with E-state index in [1.165, 1.54) is 21.5 Å². The fourth-order valence-electron chi connectivity index (χ4n) is 2.56. The predicted octanol–water partition coefficient (Wildman–Crippen LogP) is 1.15. The van der Waals surface area contributed by atoms with Gasteiger partial charge in [0.25, 0.3) is 5.91 Å². The van der Waals surface area contributed by atoms with E-state index in [1.54, 1.807) is 44.6 Å². The van der Waals surface area contributed by atoms with Crippen LogP contribution in [0.2, 0.25) is 0 Å². The zero-order valence-corrected chi connectivity index (χ0v) is 15.0. The first-order valence-corrected chi connectivity index (χ1v) is 8.27. The van der Waals surface area contributed by atoms with Gasteiger partial charge in [-0.25, -0.2) is 0 Å². The first-order valence-electron chi connectivity index (χ1n) is 8.27. The van der Waals surface area contributed by atoms with Crippen molar-refractivity contribution in [2.75, 3.05) is 11.9 Å². The minimum atomic E-state index is -0.366. The maximum absolute atomic E-state index is 12.0. The standard InChI is InChI=1S/C19H19N5O3/c1-23-12-14(5-8-18(23)26)13-3-6-15(7-4-13)22-17(25)11-20-19(27)16-9-10-21-24(16)2/h3-10,12H,11H2,1-2H3,(H,20,27)(H,22,25). The molecule has 2 N–H and O–H groups in total. The Bertz CT molecular complexity index is 1030. The average Bonchev–Trinajstić information content (AvgIpc) is 3.09. The van der Waals surface area contributed by atoms with Gasteiger partial charge >= 0.3 is 0 Å². The number of nitrogens with zero attached hydrogens (tertiary/aromatic N) is 3. The maximum Gasteiger partial charge on any atom is 0.269 e. The minimum absolute atomic E-state index is 0.0733. The van der Waals surface area contributed by atoms with Crippen LogP contribution >= 0.6 is 0 Å². The number of carbonyl (C=O) groups is 2. The van der Waals surface area contributed by atoms with Gasteiger partial charge in [-0.3, -0.25) is 19.1 Å². The summed E-state index contributed by atoms with van der Waals surface area (Å²) in [7, 11) is 3.35. The van der Waals surface area contributed by atoms with Crippen LogP contribution in [-0.2, 0) is 18.9 Å². The topological polar surface area (TPSA) is 98.0 Å². The fraction of sp³-hybridized carbons (Fsp3) is 0.158. The number of benzene rings is 1. The summed E-state index contributed by atoms with van der Waals surface area (Å²) in [6.45, 7) is -0.146. The van der Waals surface area contributed by atoms with Crippen molar-refractivity contribution in [3.05, 3.63) is 70.9 Å². The Labute approximate surface area is 155 Å². The van der Waals surface area contributed by atoms with E-state index in [4.69, 9.17) is 0 Å². The molecule has 2 aromatic heterocycles. The highest BCUT2D eigenvalue weighted by Crippen LogP contribution is 2.20. The van der Waals surface area contributed by atoms with Gasteiger partial charge in [-0.15, -0.1) is 0 Å². The predicted molar refractivity (Wildman–Crippen MR) is 101 cm³/mol. The van der Waals surface area contributed by atoms with E-state index in [9.17, 15) is 14.4 Å². The molecule has 0 spiro atoms. The number of aromatic nitrogens is 3. The van der Waals surface area contributed by atoms with Gasteiger partial charge in [0.15, 0.2) is 0 Å². The molecule has 138 valence electrons. The van der Waals surface area contributed by atoms with E-state index in [1.807, 2.05) is 12.1 Å². The summed E-state index contributed by atoms with van der Waals surface area (Å²) in [4.78, 5) is 35.4. The Hall–Kier alpha value is -3.68. The minimum Gasteiger partial charge on any atom is -0.342 e. The van der Waals surface area contributed by atoms with E-state index >= 15 is 0 Å². The highest BCUT2D eigenvalue weighted by Gasteiger charge is 2.11. The molecule has 0 saturated carbocycles. The van der Waals surface area contributed by atoms with Crippen LogP contribution in [0.25, 0.3) is 11.1 Å². The van der Waals surface area contributed by atoms with Crippen molar-refractivity contribution in [2.45, 2.75) is 0 Å².